The van der Waals surface area contributed by atoms with Crippen molar-refractivity contribution in [3.05, 3.63) is 30.6 Å². The molecule has 8 nitrogen and oxygen atoms in total. The third kappa shape index (κ3) is 2.66. The van der Waals surface area contributed by atoms with Crippen molar-refractivity contribution in [3.63, 3.8) is 0 Å². The molecule has 2 aliphatic rings. The van der Waals surface area contributed by atoms with Gasteiger partial charge >= 0.3 is 6.03 Å². The van der Waals surface area contributed by atoms with Gasteiger partial charge in [-0.05, 0) is 0 Å². The number of aryl methyl sites for hydroxylation is 1. The first-order valence-electron chi connectivity index (χ1n) is 8.37. The van der Waals surface area contributed by atoms with E-state index in [-0.39, 0.29) is 6.03 Å². The minimum atomic E-state index is 0.0554. The fourth-order valence-corrected chi connectivity index (χ4v) is 3.34. The Balaban J connectivity index is 1.30. The van der Waals surface area contributed by atoms with Crippen LogP contribution in [0.25, 0.3) is 0 Å². The Hall–Kier alpha value is -2.35. The van der Waals surface area contributed by atoms with Gasteiger partial charge in [-0.15, -0.1) is 0 Å². The van der Waals surface area contributed by atoms with Crippen molar-refractivity contribution in [3.8, 4) is 0 Å². The first kappa shape index (κ1) is 15.2. The van der Waals surface area contributed by atoms with Crippen LogP contribution in [0.15, 0.2) is 24.8 Å². The summed E-state index contributed by atoms with van der Waals surface area (Å²) in [5.41, 5.74) is 0.899. The molecule has 0 unspecified atom stereocenters. The van der Waals surface area contributed by atoms with Crippen LogP contribution in [0.5, 0.6) is 0 Å². The first-order valence-corrected chi connectivity index (χ1v) is 8.37. The van der Waals surface area contributed by atoms with Crippen molar-refractivity contribution in [1.29, 1.82) is 0 Å². The summed E-state index contributed by atoms with van der Waals surface area (Å²) in [6.45, 7) is 4.53. The van der Waals surface area contributed by atoms with Gasteiger partial charge < -0.3 is 9.47 Å². The fraction of sp³-hybridized carbons (Fsp3) is 0.562. The zero-order valence-electron chi connectivity index (χ0n) is 14.2. The Morgan fingerprint density at radius 2 is 2.08 bits per heavy atom. The van der Waals surface area contributed by atoms with Crippen molar-refractivity contribution < 1.29 is 4.79 Å². The number of carbonyl (C=O) groups excluding carboxylic acids is 1. The van der Waals surface area contributed by atoms with E-state index < -0.39 is 0 Å². The Kier molecular flexibility index (Phi) is 3.76. The summed E-state index contributed by atoms with van der Waals surface area (Å²) in [6, 6.07) is 0.454. The quantitative estimate of drug-likeness (QED) is 0.805. The lowest BCUT2D eigenvalue weighted by Crippen LogP contribution is -2.48. The van der Waals surface area contributed by atoms with Gasteiger partial charge in [0.1, 0.15) is 5.82 Å². The molecule has 0 saturated carbocycles. The molecule has 2 amide bonds. The van der Waals surface area contributed by atoms with Crippen molar-refractivity contribution >= 4 is 11.7 Å². The Bertz CT molecular complexity index is 730. The third-order valence-electron chi connectivity index (χ3n) is 5.00. The molecular weight excluding hydrogens is 306 g/mol. The zero-order valence-corrected chi connectivity index (χ0v) is 14.2. The highest BCUT2D eigenvalue weighted by Crippen LogP contribution is 2.25. The average molecular weight is 329 g/mol. The lowest BCUT2D eigenvalue weighted by molar-refractivity contribution is 0.0993. The number of anilines is 1. The summed E-state index contributed by atoms with van der Waals surface area (Å²) in [4.78, 5) is 22.3. The normalized spacial score (nSPS) is 19.3. The van der Waals surface area contributed by atoms with Crippen molar-refractivity contribution in [2.45, 2.75) is 12.5 Å². The number of likely N-dealkylation sites (N-methyl/N-ethyl adjacent to an activating group) is 1. The molecular formula is C16H23N7O. The van der Waals surface area contributed by atoms with Gasteiger partial charge in [0.2, 0.25) is 0 Å². The summed E-state index contributed by atoms with van der Waals surface area (Å²) < 4.78 is 4.07. The van der Waals surface area contributed by atoms with Crippen molar-refractivity contribution in [2.75, 3.05) is 44.7 Å². The summed E-state index contributed by atoms with van der Waals surface area (Å²) in [5, 5.41) is 4.46. The smallest absolute Gasteiger partial charge is 0.324 e. The number of aromatic nitrogens is 4. The van der Waals surface area contributed by atoms with Gasteiger partial charge in [0, 0.05) is 71.8 Å². The van der Waals surface area contributed by atoms with Crippen LogP contribution in [0.3, 0.4) is 0 Å². The van der Waals surface area contributed by atoms with Crippen LogP contribution in [-0.2, 0) is 13.5 Å². The molecule has 128 valence electrons. The summed E-state index contributed by atoms with van der Waals surface area (Å²) in [5.74, 6) is 1.12. The Morgan fingerprint density at radius 3 is 2.75 bits per heavy atom. The maximum atomic E-state index is 12.0. The number of carbonyl (C=O) groups is 1. The van der Waals surface area contributed by atoms with Gasteiger partial charge in [-0.1, -0.05) is 0 Å². The molecule has 8 heteroatoms. The number of amides is 2. The van der Waals surface area contributed by atoms with Gasteiger partial charge in [-0.25, -0.2) is 9.78 Å². The minimum absolute atomic E-state index is 0.0554. The highest BCUT2D eigenvalue weighted by atomic mass is 16.2. The van der Waals surface area contributed by atoms with Crippen LogP contribution < -0.4 is 4.90 Å². The highest BCUT2D eigenvalue weighted by Gasteiger charge is 2.31. The fourth-order valence-electron chi connectivity index (χ4n) is 3.34. The highest BCUT2D eigenvalue weighted by molar-refractivity contribution is 5.93. The van der Waals surface area contributed by atoms with E-state index in [9.17, 15) is 4.79 Å². The molecule has 2 aromatic rings. The molecule has 4 rings (SSSR count). The number of hydrogen-bond donors (Lipinski definition) is 0. The zero-order chi connectivity index (χ0) is 16.7. The van der Waals surface area contributed by atoms with Crippen LogP contribution in [0, 0.1) is 0 Å². The van der Waals surface area contributed by atoms with Gasteiger partial charge in [-0.2, -0.15) is 5.10 Å². The largest absolute Gasteiger partial charge is 0.338 e. The summed E-state index contributed by atoms with van der Waals surface area (Å²) >= 11 is 0. The van der Waals surface area contributed by atoms with E-state index in [2.05, 4.69) is 19.5 Å². The van der Waals surface area contributed by atoms with E-state index in [1.54, 1.807) is 16.0 Å². The monoisotopic (exact) mass is 329 g/mol. The van der Waals surface area contributed by atoms with E-state index >= 15 is 0 Å². The molecule has 2 aromatic heterocycles. The lowest BCUT2D eigenvalue weighted by atomic mass is 10.1. The molecule has 0 radical (unpaired) electrons. The topological polar surface area (TPSA) is 62.4 Å². The van der Waals surface area contributed by atoms with Gasteiger partial charge in [0.05, 0.1) is 17.9 Å². The molecule has 24 heavy (non-hydrogen) atoms. The third-order valence-corrected chi connectivity index (χ3v) is 5.00. The van der Waals surface area contributed by atoms with Gasteiger partial charge in [0.15, 0.2) is 0 Å². The standard InChI is InChI=1S/C16H23N7O/c1-19-6-4-17-15(19)3-5-21-10-14(11-21)23-12-13(9-18-23)22-8-7-20(2)16(22)24/h4,6,9,12,14H,3,5,7-8,10-11H2,1-2H3. The lowest BCUT2D eigenvalue weighted by Gasteiger charge is -2.39. The van der Waals surface area contributed by atoms with Crippen LogP contribution in [0.1, 0.15) is 11.9 Å². The SMILES string of the molecule is CN1CCN(c2cnn(C3CN(CCc4nccn4C)C3)c2)C1=O. The van der Waals surface area contributed by atoms with E-state index in [4.69, 9.17) is 0 Å². The maximum Gasteiger partial charge on any atom is 0.324 e. The molecule has 0 aliphatic carbocycles. The van der Waals surface area contributed by atoms with Crippen molar-refractivity contribution in [1.82, 2.24) is 29.1 Å². The molecule has 2 saturated heterocycles. The van der Waals surface area contributed by atoms with Gasteiger partial charge in [-0.3, -0.25) is 14.5 Å². The number of likely N-dealkylation sites (tertiary alicyclic amines) is 1. The number of rotatable bonds is 5. The van der Waals surface area contributed by atoms with Crippen LogP contribution in [0.2, 0.25) is 0 Å². The molecule has 2 fully saturated rings. The Morgan fingerprint density at radius 1 is 1.25 bits per heavy atom. The molecule has 0 spiro atoms. The number of hydrogen-bond acceptors (Lipinski definition) is 4. The predicted octanol–water partition coefficient (Wildman–Crippen LogP) is 0.588. The van der Waals surface area contributed by atoms with Gasteiger partial charge in [0.25, 0.3) is 0 Å². The van der Waals surface area contributed by atoms with Crippen LogP contribution in [-0.4, -0.2) is 74.9 Å². The number of urea groups is 1. The minimum Gasteiger partial charge on any atom is -0.338 e. The van der Waals surface area contributed by atoms with Crippen LogP contribution >= 0.6 is 0 Å². The maximum absolute atomic E-state index is 12.0. The molecule has 0 bridgehead atoms. The molecule has 0 atom stereocenters. The second-order valence-electron chi connectivity index (χ2n) is 6.65. The second kappa shape index (κ2) is 5.94. The van der Waals surface area contributed by atoms with E-state index in [1.807, 2.05) is 37.4 Å². The molecule has 2 aliphatic heterocycles. The summed E-state index contributed by atoms with van der Waals surface area (Å²) in [6.07, 6.45) is 8.59. The number of nitrogens with zero attached hydrogens (tertiary/aromatic N) is 7. The molecule has 0 N–H and O–H groups in total. The van der Waals surface area contributed by atoms with E-state index in [0.29, 0.717) is 6.04 Å². The summed E-state index contributed by atoms with van der Waals surface area (Å²) in [7, 11) is 3.86. The van der Waals surface area contributed by atoms with Crippen molar-refractivity contribution in [2.24, 2.45) is 7.05 Å². The van der Waals surface area contributed by atoms with E-state index in [0.717, 1.165) is 50.7 Å². The first-order chi connectivity index (χ1) is 11.6. The molecule has 4 heterocycles. The Labute approximate surface area is 141 Å². The number of imidazole rings is 1. The second-order valence-corrected chi connectivity index (χ2v) is 6.65. The average Bonchev–Trinajstić information content (AvgIpc) is 3.22. The molecule has 0 aromatic carbocycles. The van der Waals surface area contributed by atoms with Crippen LogP contribution in [0.4, 0.5) is 10.5 Å². The predicted molar refractivity (Wildman–Crippen MR) is 90.0 cm³/mol. The van der Waals surface area contributed by atoms with E-state index in [1.165, 1.54) is 0 Å².